The maximum atomic E-state index is 12.7. The normalized spacial score (nSPS) is 10.0. The highest BCUT2D eigenvalue weighted by molar-refractivity contribution is 14.1. The number of nitrogens with zero attached hydrogens (tertiary/aromatic N) is 1. The standard InChI is InChI=1S/C9H9FINO2/c1-2-12(14)9(13)7-4-3-6(10)5-8(7)11/h3-5,14H,2H2,1H3. The fourth-order valence-corrected chi connectivity index (χ4v) is 1.65. The van der Waals surface area contributed by atoms with Gasteiger partial charge in [0.15, 0.2) is 0 Å². The smallest absolute Gasteiger partial charge is 0.278 e. The lowest BCUT2D eigenvalue weighted by molar-refractivity contribution is -0.0542. The second-order valence-electron chi connectivity index (χ2n) is 2.65. The van der Waals surface area contributed by atoms with Gasteiger partial charge in [0.1, 0.15) is 5.82 Å². The van der Waals surface area contributed by atoms with Crippen LogP contribution in [0.2, 0.25) is 0 Å². The molecule has 5 heteroatoms. The van der Waals surface area contributed by atoms with Gasteiger partial charge in [-0.25, -0.2) is 9.45 Å². The number of hydrogen-bond donors (Lipinski definition) is 1. The first kappa shape index (κ1) is 11.4. The highest BCUT2D eigenvalue weighted by Gasteiger charge is 2.15. The monoisotopic (exact) mass is 309 g/mol. The third-order valence-corrected chi connectivity index (χ3v) is 2.59. The van der Waals surface area contributed by atoms with E-state index in [4.69, 9.17) is 5.21 Å². The number of amides is 1. The van der Waals surface area contributed by atoms with Crippen LogP contribution < -0.4 is 0 Å². The third kappa shape index (κ3) is 2.42. The summed E-state index contributed by atoms with van der Waals surface area (Å²) in [6.45, 7) is 1.85. The molecule has 3 nitrogen and oxygen atoms in total. The molecule has 0 aromatic heterocycles. The van der Waals surface area contributed by atoms with E-state index in [2.05, 4.69) is 0 Å². The second-order valence-corrected chi connectivity index (χ2v) is 3.81. The van der Waals surface area contributed by atoms with Gasteiger partial charge in [0, 0.05) is 10.1 Å². The summed E-state index contributed by atoms with van der Waals surface area (Å²) in [4.78, 5) is 11.5. The topological polar surface area (TPSA) is 40.5 Å². The summed E-state index contributed by atoms with van der Waals surface area (Å²) in [5, 5.41) is 9.75. The summed E-state index contributed by atoms with van der Waals surface area (Å²) < 4.78 is 13.2. The summed E-state index contributed by atoms with van der Waals surface area (Å²) in [6.07, 6.45) is 0. The maximum absolute atomic E-state index is 12.7. The van der Waals surface area contributed by atoms with Crippen LogP contribution in [-0.2, 0) is 0 Å². The van der Waals surface area contributed by atoms with Gasteiger partial charge in [0.2, 0.25) is 0 Å². The minimum absolute atomic E-state index is 0.201. The molecule has 0 atom stereocenters. The van der Waals surface area contributed by atoms with Crippen molar-refractivity contribution in [3.05, 3.63) is 33.1 Å². The molecule has 0 bridgehead atoms. The Morgan fingerprint density at radius 2 is 2.29 bits per heavy atom. The van der Waals surface area contributed by atoms with E-state index in [0.29, 0.717) is 14.2 Å². The van der Waals surface area contributed by atoms with E-state index in [1.165, 1.54) is 18.2 Å². The second kappa shape index (κ2) is 4.70. The van der Waals surface area contributed by atoms with Crippen LogP contribution in [0.15, 0.2) is 18.2 Å². The van der Waals surface area contributed by atoms with Gasteiger partial charge in [-0.1, -0.05) is 0 Å². The van der Waals surface area contributed by atoms with Crippen molar-refractivity contribution < 1.29 is 14.4 Å². The van der Waals surface area contributed by atoms with Gasteiger partial charge >= 0.3 is 0 Å². The molecule has 0 saturated carbocycles. The molecular weight excluding hydrogens is 300 g/mol. The van der Waals surface area contributed by atoms with Crippen molar-refractivity contribution in [2.45, 2.75) is 6.92 Å². The summed E-state index contributed by atoms with van der Waals surface area (Å²) >= 11 is 1.85. The van der Waals surface area contributed by atoms with Crippen LogP contribution in [0.4, 0.5) is 4.39 Å². The number of hydrogen-bond acceptors (Lipinski definition) is 2. The molecule has 0 aliphatic heterocycles. The van der Waals surface area contributed by atoms with Crippen molar-refractivity contribution in [2.24, 2.45) is 0 Å². The molecule has 14 heavy (non-hydrogen) atoms. The van der Waals surface area contributed by atoms with E-state index >= 15 is 0 Å². The van der Waals surface area contributed by atoms with Crippen LogP contribution in [-0.4, -0.2) is 22.7 Å². The average molecular weight is 309 g/mol. The molecule has 0 saturated heterocycles. The minimum atomic E-state index is -0.517. The molecule has 0 radical (unpaired) electrons. The highest BCUT2D eigenvalue weighted by atomic mass is 127. The van der Waals surface area contributed by atoms with Gasteiger partial charge in [-0.15, -0.1) is 0 Å². The molecule has 0 unspecified atom stereocenters. The Labute approximate surface area is 94.6 Å². The Morgan fingerprint density at radius 3 is 2.79 bits per heavy atom. The zero-order valence-electron chi connectivity index (χ0n) is 7.50. The SMILES string of the molecule is CCN(O)C(=O)c1ccc(F)cc1I. The molecule has 1 rings (SSSR count). The van der Waals surface area contributed by atoms with Gasteiger partial charge in [0.25, 0.3) is 5.91 Å². The van der Waals surface area contributed by atoms with Gasteiger partial charge in [-0.3, -0.25) is 10.0 Å². The first-order valence-corrected chi connectivity index (χ1v) is 5.10. The van der Waals surface area contributed by atoms with Gasteiger partial charge in [0.05, 0.1) is 5.56 Å². The van der Waals surface area contributed by atoms with E-state index in [1.807, 2.05) is 22.6 Å². The fraction of sp³-hybridized carbons (Fsp3) is 0.222. The van der Waals surface area contributed by atoms with Crippen LogP contribution >= 0.6 is 22.6 Å². The number of halogens is 2. The first-order chi connectivity index (χ1) is 6.56. The van der Waals surface area contributed by atoms with Gasteiger partial charge in [-0.05, 0) is 47.7 Å². The Balaban J connectivity index is 3.02. The minimum Gasteiger partial charge on any atom is -0.286 e. The Hall–Kier alpha value is -0.690. The zero-order chi connectivity index (χ0) is 10.7. The quantitative estimate of drug-likeness (QED) is 0.517. The van der Waals surface area contributed by atoms with Crippen molar-refractivity contribution in [3.63, 3.8) is 0 Å². The zero-order valence-corrected chi connectivity index (χ0v) is 9.66. The molecular formula is C9H9FINO2. The summed E-state index contributed by atoms with van der Waals surface area (Å²) in [5.41, 5.74) is 0.302. The van der Waals surface area contributed by atoms with Crippen molar-refractivity contribution in [2.75, 3.05) is 6.54 Å². The molecule has 1 N–H and O–H groups in total. The van der Waals surface area contributed by atoms with E-state index in [1.54, 1.807) is 6.92 Å². The number of hydroxylamine groups is 2. The molecule has 1 aromatic rings. The van der Waals surface area contributed by atoms with E-state index in [-0.39, 0.29) is 6.54 Å². The van der Waals surface area contributed by atoms with Crippen molar-refractivity contribution in [3.8, 4) is 0 Å². The molecule has 1 aromatic carbocycles. The molecule has 0 aliphatic rings. The lowest BCUT2D eigenvalue weighted by atomic mass is 10.2. The predicted molar refractivity (Wildman–Crippen MR) is 57.6 cm³/mol. The Kier molecular flexibility index (Phi) is 3.82. The first-order valence-electron chi connectivity index (χ1n) is 4.02. The molecule has 0 aliphatic carbocycles. The third-order valence-electron chi connectivity index (χ3n) is 1.70. The lowest BCUT2D eigenvalue weighted by Crippen LogP contribution is -2.27. The molecule has 0 spiro atoms. The van der Waals surface area contributed by atoms with Crippen molar-refractivity contribution >= 4 is 28.5 Å². The number of rotatable bonds is 2. The van der Waals surface area contributed by atoms with Crippen molar-refractivity contribution in [1.82, 2.24) is 5.06 Å². The van der Waals surface area contributed by atoms with Crippen LogP contribution in [0.25, 0.3) is 0 Å². The Bertz CT molecular complexity index is 357. The van der Waals surface area contributed by atoms with Gasteiger partial charge < -0.3 is 0 Å². The number of carbonyl (C=O) groups is 1. The average Bonchev–Trinajstić information content (AvgIpc) is 2.15. The molecule has 76 valence electrons. The highest BCUT2D eigenvalue weighted by Crippen LogP contribution is 2.15. The number of benzene rings is 1. The maximum Gasteiger partial charge on any atom is 0.278 e. The summed E-state index contributed by atoms with van der Waals surface area (Å²) in [5.74, 6) is -0.913. The van der Waals surface area contributed by atoms with E-state index in [0.717, 1.165) is 0 Å². The number of carbonyl (C=O) groups excluding carboxylic acids is 1. The Morgan fingerprint density at radius 1 is 1.64 bits per heavy atom. The van der Waals surface area contributed by atoms with E-state index in [9.17, 15) is 9.18 Å². The van der Waals surface area contributed by atoms with Crippen LogP contribution in [0.3, 0.4) is 0 Å². The molecule has 0 heterocycles. The summed E-state index contributed by atoms with van der Waals surface area (Å²) in [6, 6.07) is 3.80. The van der Waals surface area contributed by atoms with E-state index < -0.39 is 11.7 Å². The predicted octanol–water partition coefficient (Wildman–Crippen LogP) is 2.28. The van der Waals surface area contributed by atoms with Crippen LogP contribution in [0.5, 0.6) is 0 Å². The largest absolute Gasteiger partial charge is 0.286 e. The molecule has 0 fully saturated rings. The van der Waals surface area contributed by atoms with Gasteiger partial charge in [-0.2, -0.15) is 0 Å². The van der Waals surface area contributed by atoms with Crippen molar-refractivity contribution in [1.29, 1.82) is 0 Å². The molecule has 1 amide bonds. The summed E-state index contributed by atoms with van der Waals surface area (Å²) in [7, 11) is 0. The van der Waals surface area contributed by atoms with Crippen LogP contribution in [0.1, 0.15) is 17.3 Å². The fourth-order valence-electron chi connectivity index (χ4n) is 0.946. The lowest BCUT2D eigenvalue weighted by Gasteiger charge is -2.12. The van der Waals surface area contributed by atoms with Crippen LogP contribution in [0, 0.1) is 9.39 Å².